The Bertz CT molecular complexity index is 730. The molecule has 0 aliphatic rings. The van der Waals surface area contributed by atoms with Crippen molar-refractivity contribution in [3.05, 3.63) is 51.9 Å². The third-order valence-electron chi connectivity index (χ3n) is 2.58. The van der Waals surface area contributed by atoms with Crippen LogP contribution in [0.4, 0.5) is 0 Å². The van der Waals surface area contributed by atoms with E-state index in [9.17, 15) is 8.42 Å². The molecule has 0 bridgehead atoms. The standard InChI is InChI=1S/C13H11ClN2O2S2/c14-11-3-1-10(2-4-11)7-8-16-20(17,18)13-6-5-12(9-15)19-13/h1-6,16H,7-8H2. The van der Waals surface area contributed by atoms with Gasteiger partial charge in [0.2, 0.25) is 10.0 Å². The van der Waals surface area contributed by atoms with Gasteiger partial charge in [-0.2, -0.15) is 5.26 Å². The van der Waals surface area contributed by atoms with Crippen LogP contribution in [-0.4, -0.2) is 15.0 Å². The molecule has 7 heteroatoms. The van der Waals surface area contributed by atoms with E-state index >= 15 is 0 Å². The Balaban J connectivity index is 1.96. The van der Waals surface area contributed by atoms with Crippen LogP contribution in [0.2, 0.25) is 5.02 Å². The molecule has 0 spiro atoms. The molecule has 4 nitrogen and oxygen atoms in total. The largest absolute Gasteiger partial charge is 0.250 e. The van der Waals surface area contributed by atoms with Crippen LogP contribution in [0.15, 0.2) is 40.6 Å². The predicted octanol–water partition coefficient (Wildman–Crippen LogP) is 2.79. The minimum atomic E-state index is -3.54. The lowest BCUT2D eigenvalue weighted by Crippen LogP contribution is -2.25. The van der Waals surface area contributed by atoms with Gasteiger partial charge in [0.15, 0.2) is 0 Å². The second kappa shape index (κ2) is 6.37. The van der Waals surface area contributed by atoms with Crippen molar-refractivity contribution in [2.45, 2.75) is 10.6 Å². The molecule has 0 aliphatic carbocycles. The summed E-state index contributed by atoms with van der Waals surface area (Å²) in [6.07, 6.45) is 0.576. The fraction of sp³-hybridized carbons (Fsp3) is 0.154. The fourth-order valence-corrected chi connectivity index (χ4v) is 3.88. The normalized spacial score (nSPS) is 11.2. The van der Waals surface area contributed by atoms with Crippen LogP contribution >= 0.6 is 22.9 Å². The number of nitriles is 1. The number of benzene rings is 1. The van der Waals surface area contributed by atoms with E-state index in [1.165, 1.54) is 12.1 Å². The molecule has 1 aromatic heterocycles. The summed E-state index contributed by atoms with van der Waals surface area (Å²) in [6.45, 7) is 0.295. The van der Waals surface area contributed by atoms with Crippen LogP contribution < -0.4 is 4.72 Å². The number of sulfonamides is 1. The third kappa shape index (κ3) is 3.81. The third-order valence-corrected chi connectivity index (χ3v) is 5.77. The summed E-state index contributed by atoms with van der Waals surface area (Å²) in [5.41, 5.74) is 1.00. The molecular formula is C13H11ClN2O2S2. The van der Waals surface area contributed by atoms with Gasteiger partial charge in [0, 0.05) is 11.6 Å². The number of thiophene rings is 1. The summed E-state index contributed by atoms with van der Waals surface area (Å²) in [6, 6.07) is 12.1. The van der Waals surface area contributed by atoms with Gasteiger partial charge >= 0.3 is 0 Å². The predicted molar refractivity (Wildman–Crippen MR) is 79.4 cm³/mol. The van der Waals surface area contributed by atoms with Crippen molar-refractivity contribution >= 4 is 33.0 Å². The molecular weight excluding hydrogens is 316 g/mol. The fourth-order valence-electron chi connectivity index (χ4n) is 1.58. The van der Waals surface area contributed by atoms with Crippen LogP contribution in [0.3, 0.4) is 0 Å². The lowest BCUT2D eigenvalue weighted by molar-refractivity contribution is 0.584. The van der Waals surface area contributed by atoms with Crippen molar-refractivity contribution < 1.29 is 8.42 Å². The number of nitrogens with zero attached hydrogens (tertiary/aromatic N) is 1. The molecule has 0 atom stereocenters. The minimum Gasteiger partial charge on any atom is -0.210 e. The molecule has 1 N–H and O–H groups in total. The molecule has 0 saturated heterocycles. The molecule has 20 heavy (non-hydrogen) atoms. The highest BCUT2D eigenvalue weighted by Crippen LogP contribution is 2.20. The van der Waals surface area contributed by atoms with Gasteiger partial charge in [-0.25, -0.2) is 13.1 Å². The van der Waals surface area contributed by atoms with E-state index in [4.69, 9.17) is 16.9 Å². The van der Waals surface area contributed by atoms with E-state index in [2.05, 4.69) is 4.72 Å². The summed E-state index contributed by atoms with van der Waals surface area (Å²) in [5.74, 6) is 0. The Hall–Kier alpha value is -1.39. The first kappa shape index (κ1) is 15.0. The van der Waals surface area contributed by atoms with E-state index in [0.29, 0.717) is 22.9 Å². The zero-order chi connectivity index (χ0) is 14.6. The Labute approximate surface area is 126 Å². The Morgan fingerprint density at radius 3 is 2.50 bits per heavy atom. The van der Waals surface area contributed by atoms with E-state index in [1.807, 2.05) is 18.2 Å². The summed E-state index contributed by atoms with van der Waals surface area (Å²) >= 11 is 6.74. The lowest BCUT2D eigenvalue weighted by Gasteiger charge is -2.05. The first-order valence-electron chi connectivity index (χ1n) is 5.75. The molecule has 0 saturated carbocycles. The van der Waals surface area contributed by atoms with Gasteiger partial charge in [-0.1, -0.05) is 23.7 Å². The van der Waals surface area contributed by atoms with Gasteiger partial charge in [0.1, 0.15) is 15.2 Å². The first-order chi connectivity index (χ1) is 9.51. The smallest absolute Gasteiger partial charge is 0.210 e. The number of nitrogens with one attached hydrogen (secondary N) is 1. The highest BCUT2D eigenvalue weighted by molar-refractivity contribution is 7.91. The average molecular weight is 327 g/mol. The summed E-state index contributed by atoms with van der Waals surface area (Å²) < 4.78 is 26.6. The first-order valence-corrected chi connectivity index (χ1v) is 8.43. The van der Waals surface area contributed by atoms with Gasteiger partial charge in [0.25, 0.3) is 0 Å². The van der Waals surface area contributed by atoms with Crippen molar-refractivity contribution in [2.24, 2.45) is 0 Å². The zero-order valence-corrected chi connectivity index (χ0v) is 12.7. The molecule has 0 radical (unpaired) electrons. The quantitative estimate of drug-likeness (QED) is 0.918. The van der Waals surface area contributed by atoms with Crippen LogP contribution in [0.5, 0.6) is 0 Å². The highest BCUT2D eigenvalue weighted by Gasteiger charge is 2.16. The molecule has 2 aromatic rings. The average Bonchev–Trinajstić information content (AvgIpc) is 2.90. The lowest BCUT2D eigenvalue weighted by atomic mass is 10.2. The van der Waals surface area contributed by atoms with E-state index in [-0.39, 0.29) is 4.21 Å². The van der Waals surface area contributed by atoms with Crippen molar-refractivity contribution in [1.82, 2.24) is 4.72 Å². The summed E-state index contributed by atoms with van der Waals surface area (Å²) in [7, 11) is -3.54. The van der Waals surface area contributed by atoms with Crippen molar-refractivity contribution in [3.8, 4) is 6.07 Å². The van der Waals surface area contributed by atoms with Gasteiger partial charge in [-0.05, 0) is 36.2 Å². The van der Waals surface area contributed by atoms with Crippen molar-refractivity contribution in [1.29, 1.82) is 5.26 Å². The molecule has 2 rings (SSSR count). The topological polar surface area (TPSA) is 70.0 Å². The molecule has 0 fully saturated rings. The monoisotopic (exact) mass is 326 g/mol. The van der Waals surface area contributed by atoms with Crippen molar-refractivity contribution in [2.75, 3.05) is 6.54 Å². The number of hydrogen-bond donors (Lipinski definition) is 1. The number of halogens is 1. The Morgan fingerprint density at radius 1 is 1.20 bits per heavy atom. The molecule has 1 aromatic carbocycles. The summed E-state index contributed by atoms with van der Waals surface area (Å²) in [5, 5.41) is 9.35. The Kier molecular flexibility index (Phi) is 4.78. The van der Waals surface area contributed by atoms with E-state index in [1.54, 1.807) is 12.1 Å². The molecule has 104 valence electrons. The molecule has 0 aliphatic heterocycles. The maximum absolute atomic E-state index is 12.0. The van der Waals surface area contributed by atoms with Crippen LogP contribution in [0, 0.1) is 11.3 Å². The van der Waals surface area contributed by atoms with E-state index in [0.717, 1.165) is 16.9 Å². The van der Waals surface area contributed by atoms with Gasteiger partial charge in [-0.15, -0.1) is 11.3 Å². The zero-order valence-electron chi connectivity index (χ0n) is 10.3. The van der Waals surface area contributed by atoms with Crippen LogP contribution in [0.1, 0.15) is 10.4 Å². The summed E-state index contributed by atoms with van der Waals surface area (Å²) in [4.78, 5) is 0.378. The van der Waals surface area contributed by atoms with Gasteiger partial charge in [-0.3, -0.25) is 0 Å². The number of hydrogen-bond acceptors (Lipinski definition) is 4. The van der Waals surface area contributed by atoms with E-state index < -0.39 is 10.0 Å². The molecule has 1 heterocycles. The number of rotatable bonds is 5. The second-order valence-electron chi connectivity index (χ2n) is 4.00. The molecule has 0 amide bonds. The highest BCUT2D eigenvalue weighted by atomic mass is 35.5. The van der Waals surface area contributed by atoms with Gasteiger partial charge < -0.3 is 0 Å². The van der Waals surface area contributed by atoms with Gasteiger partial charge in [0.05, 0.1) is 0 Å². The van der Waals surface area contributed by atoms with Crippen LogP contribution in [-0.2, 0) is 16.4 Å². The maximum Gasteiger partial charge on any atom is 0.250 e. The molecule has 0 unspecified atom stereocenters. The maximum atomic E-state index is 12.0. The van der Waals surface area contributed by atoms with Crippen LogP contribution in [0.25, 0.3) is 0 Å². The van der Waals surface area contributed by atoms with Crippen molar-refractivity contribution in [3.63, 3.8) is 0 Å². The SMILES string of the molecule is N#Cc1ccc(S(=O)(=O)NCCc2ccc(Cl)cc2)s1. The minimum absolute atomic E-state index is 0.158. The Morgan fingerprint density at radius 2 is 1.90 bits per heavy atom. The second-order valence-corrected chi connectivity index (χ2v) is 7.52.